The molecule has 8 heteroatoms. The van der Waals surface area contributed by atoms with Crippen LogP contribution >= 0.6 is 12.4 Å². The minimum atomic E-state index is -4.71. The van der Waals surface area contributed by atoms with Crippen molar-refractivity contribution in [3.05, 3.63) is 29.8 Å². The fraction of sp³-hybridized carbons (Fsp3) is 0.611. The van der Waals surface area contributed by atoms with Crippen LogP contribution in [0.5, 0.6) is 5.75 Å². The molecule has 4 nitrogen and oxygen atoms in total. The Morgan fingerprint density at radius 2 is 1.73 bits per heavy atom. The number of carbonyl (C=O) groups excluding carboxylic acids is 1. The van der Waals surface area contributed by atoms with E-state index in [1.807, 2.05) is 0 Å². The number of hydrogen-bond donors (Lipinski definition) is 2. The Labute approximate surface area is 157 Å². The third-order valence-electron chi connectivity index (χ3n) is 5.23. The molecular formula is C18H24ClF3N2O2. The maximum Gasteiger partial charge on any atom is 0.573 e. The lowest BCUT2D eigenvalue weighted by atomic mass is 9.67. The van der Waals surface area contributed by atoms with Crippen molar-refractivity contribution in [1.82, 2.24) is 5.32 Å². The highest BCUT2D eigenvalue weighted by Crippen LogP contribution is 2.39. The summed E-state index contributed by atoms with van der Waals surface area (Å²) in [5, 5.41) is 3.14. The summed E-state index contributed by atoms with van der Waals surface area (Å²) in [6.07, 6.45) is 0.717. The molecule has 0 spiro atoms. The van der Waals surface area contributed by atoms with Crippen LogP contribution in [0.4, 0.5) is 13.2 Å². The number of nitrogens with one attached hydrogen (secondary N) is 1. The number of hydrogen-bond acceptors (Lipinski definition) is 3. The van der Waals surface area contributed by atoms with E-state index >= 15 is 0 Å². The summed E-state index contributed by atoms with van der Waals surface area (Å²) in [6.45, 7) is 0. The highest BCUT2D eigenvalue weighted by molar-refractivity contribution is 5.85. The van der Waals surface area contributed by atoms with Gasteiger partial charge in [0.05, 0.1) is 6.42 Å². The Morgan fingerprint density at radius 3 is 2.27 bits per heavy atom. The van der Waals surface area contributed by atoms with Crippen molar-refractivity contribution in [2.75, 3.05) is 0 Å². The summed E-state index contributed by atoms with van der Waals surface area (Å²) in [5.41, 5.74) is 6.75. The standard InChI is InChI=1S/C18H23F3N2O2.ClH/c19-18(20,21)25-15-6-4-11(5-7-15)8-16(24)23-17-12-2-1-3-13(17)10-14(22)9-12;/h4-7,12-14,17H,1-3,8-10,22H2,(H,23,24);1H. The van der Waals surface area contributed by atoms with Crippen molar-refractivity contribution in [3.8, 4) is 5.75 Å². The average molecular weight is 393 g/mol. The number of benzene rings is 1. The zero-order chi connectivity index (χ0) is 18.0. The molecule has 2 saturated carbocycles. The fourth-order valence-corrected chi connectivity index (χ4v) is 4.26. The zero-order valence-electron chi connectivity index (χ0n) is 14.3. The summed E-state index contributed by atoms with van der Waals surface area (Å²) in [7, 11) is 0. The zero-order valence-corrected chi connectivity index (χ0v) is 15.1. The van der Waals surface area contributed by atoms with Crippen molar-refractivity contribution < 1.29 is 22.7 Å². The Hall–Kier alpha value is -1.47. The Balaban J connectivity index is 0.00000243. The molecule has 1 aromatic rings. The van der Waals surface area contributed by atoms with E-state index in [4.69, 9.17) is 5.73 Å². The van der Waals surface area contributed by atoms with Crippen LogP contribution in [0.25, 0.3) is 0 Å². The topological polar surface area (TPSA) is 64.3 Å². The predicted octanol–water partition coefficient (Wildman–Crippen LogP) is 3.57. The molecule has 0 aliphatic heterocycles. The van der Waals surface area contributed by atoms with Gasteiger partial charge in [0.25, 0.3) is 0 Å². The third-order valence-corrected chi connectivity index (χ3v) is 5.23. The molecule has 2 aliphatic rings. The second-order valence-corrected chi connectivity index (χ2v) is 7.14. The molecule has 0 heterocycles. The monoisotopic (exact) mass is 392 g/mol. The number of carbonyl (C=O) groups is 1. The normalized spacial score (nSPS) is 28.0. The second-order valence-electron chi connectivity index (χ2n) is 7.14. The van der Waals surface area contributed by atoms with E-state index in [1.165, 1.54) is 30.7 Å². The van der Waals surface area contributed by atoms with Crippen molar-refractivity contribution in [1.29, 1.82) is 0 Å². The van der Waals surface area contributed by atoms with Crippen LogP contribution in [0.15, 0.2) is 24.3 Å². The lowest BCUT2D eigenvalue weighted by molar-refractivity contribution is -0.274. The van der Waals surface area contributed by atoms with Crippen LogP contribution in [0.2, 0.25) is 0 Å². The van der Waals surface area contributed by atoms with E-state index in [0.29, 0.717) is 17.4 Å². The molecular weight excluding hydrogens is 369 g/mol. The molecule has 0 saturated heterocycles. The summed E-state index contributed by atoms with van der Waals surface area (Å²) in [6, 6.07) is 5.82. The van der Waals surface area contributed by atoms with Crippen LogP contribution in [0.3, 0.4) is 0 Å². The first kappa shape index (κ1) is 20.8. The first-order valence-electron chi connectivity index (χ1n) is 8.70. The number of fused-ring (bicyclic) bond motifs is 2. The van der Waals surface area contributed by atoms with Gasteiger partial charge in [0.2, 0.25) is 5.91 Å². The van der Waals surface area contributed by atoms with Gasteiger partial charge < -0.3 is 15.8 Å². The van der Waals surface area contributed by atoms with Crippen LogP contribution in [-0.4, -0.2) is 24.4 Å². The minimum absolute atomic E-state index is 0. The van der Waals surface area contributed by atoms with Crippen molar-refractivity contribution in [3.63, 3.8) is 0 Å². The van der Waals surface area contributed by atoms with E-state index in [9.17, 15) is 18.0 Å². The van der Waals surface area contributed by atoms with Crippen LogP contribution in [0, 0.1) is 11.8 Å². The molecule has 26 heavy (non-hydrogen) atoms. The van der Waals surface area contributed by atoms with Crippen LogP contribution in [0.1, 0.15) is 37.7 Å². The first-order valence-corrected chi connectivity index (χ1v) is 8.70. The minimum Gasteiger partial charge on any atom is -0.406 e. The van der Waals surface area contributed by atoms with E-state index < -0.39 is 6.36 Å². The Bertz CT molecular complexity index is 595. The summed E-state index contributed by atoms with van der Waals surface area (Å²) in [5.74, 6) is 0.498. The predicted molar refractivity (Wildman–Crippen MR) is 94.0 cm³/mol. The van der Waals surface area contributed by atoms with Gasteiger partial charge in [0.15, 0.2) is 0 Å². The maximum atomic E-state index is 12.4. The second kappa shape index (κ2) is 8.48. The van der Waals surface area contributed by atoms with Gasteiger partial charge in [0.1, 0.15) is 5.75 Å². The molecule has 2 atom stereocenters. The molecule has 0 aromatic heterocycles. The fourth-order valence-electron chi connectivity index (χ4n) is 4.26. The Morgan fingerprint density at radius 1 is 1.15 bits per heavy atom. The van der Waals surface area contributed by atoms with Crippen LogP contribution < -0.4 is 15.8 Å². The van der Waals surface area contributed by atoms with Crippen LogP contribution in [-0.2, 0) is 11.2 Å². The number of nitrogens with two attached hydrogens (primary N) is 1. The van der Waals surface area contributed by atoms with Crippen molar-refractivity contribution >= 4 is 18.3 Å². The van der Waals surface area contributed by atoms with E-state index in [0.717, 1.165) is 25.7 Å². The highest BCUT2D eigenvalue weighted by atomic mass is 35.5. The van der Waals surface area contributed by atoms with Gasteiger partial charge >= 0.3 is 6.36 Å². The smallest absolute Gasteiger partial charge is 0.406 e. The van der Waals surface area contributed by atoms with Gasteiger partial charge in [0, 0.05) is 12.1 Å². The summed E-state index contributed by atoms with van der Waals surface area (Å²) >= 11 is 0. The molecule has 1 amide bonds. The lowest BCUT2D eigenvalue weighted by Gasteiger charge is -2.45. The molecule has 1 aromatic carbocycles. The van der Waals surface area contributed by atoms with Gasteiger partial charge in [-0.05, 0) is 55.2 Å². The lowest BCUT2D eigenvalue weighted by Crippen LogP contribution is -2.54. The van der Waals surface area contributed by atoms with E-state index in [2.05, 4.69) is 10.1 Å². The SMILES string of the molecule is Cl.NC1CC2CCCC(C1)C2NC(=O)Cc1ccc(OC(F)(F)F)cc1. The molecule has 146 valence electrons. The largest absolute Gasteiger partial charge is 0.573 e. The van der Waals surface area contributed by atoms with Gasteiger partial charge in [-0.3, -0.25) is 4.79 Å². The van der Waals surface area contributed by atoms with Crippen molar-refractivity contribution in [2.24, 2.45) is 17.6 Å². The third kappa shape index (κ3) is 5.51. The first-order chi connectivity index (χ1) is 11.8. The number of rotatable bonds is 4. The Kier molecular flexibility index (Phi) is 6.80. The molecule has 2 aliphatic carbocycles. The number of alkyl halides is 3. The average Bonchev–Trinajstić information content (AvgIpc) is 2.49. The van der Waals surface area contributed by atoms with Gasteiger partial charge in [-0.25, -0.2) is 0 Å². The molecule has 2 unspecified atom stereocenters. The quantitative estimate of drug-likeness (QED) is 0.823. The molecule has 3 rings (SSSR count). The molecule has 3 N–H and O–H groups in total. The number of amides is 1. The summed E-state index contributed by atoms with van der Waals surface area (Å²) < 4.78 is 40.3. The molecule has 2 bridgehead atoms. The van der Waals surface area contributed by atoms with Crippen molar-refractivity contribution in [2.45, 2.75) is 57.0 Å². The number of halogens is 4. The number of ether oxygens (including phenoxy) is 1. The molecule has 2 fully saturated rings. The van der Waals surface area contributed by atoms with E-state index in [-0.39, 0.29) is 42.6 Å². The molecule has 0 radical (unpaired) electrons. The van der Waals surface area contributed by atoms with E-state index in [1.54, 1.807) is 0 Å². The van der Waals surface area contributed by atoms with Gasteiger partial charge in [-0.15, -0.1) is 25.6 Å². The maximum absolute atomic E-state index is 12.4. The van der Waals surface area contributed by atoms with Gasteiger partial charge in [-0.2, -0.15) is 0 Å². The van der Waals surface area contributed by atoms with Gasteiger partial charge in [-0.1, -0.05) is 18.6 Å². The summed E-state index contributed by atoms with van der Waals surface area (Å²) in [4.78, 5) is 12.4. The highest BCUT2D eigenvalue weighted by Gasteiger charge is 2.39.